The number of carbonyl (C=O) groups is 4. The van der Waals surface area contributed by atoms with E-state index < -0.39 is 41.7 Å². The Hall–Kier alpha value is -5.65. The molecule has 12 nitrogen and oxygen atoms in total. The van der Waals surface area contributed by atoms with E-state index in [0.29, 0.717) is 22.6 Å². The van der Waals surface area contributed by atoms with Gasteiger partial charge in [-0.15, -0.1) is 0 Å². The number of nitrogens with one attached hydrogen (secondary N) is 2. The predicted octanol–water partition coefficient (Wildman–Crippen LogP) is 5.30. The predicted molar refractivity (Wildman–Crippen MR) is 193 cm³/mol. The first-order chi connectivity index (χ1) is 23.6. The topological polar surface area (TPSA) is 162 Å². The summed E-state index contributed by atoms with van der Waals surface area (Å²) in [5, 5.41) is 6.04. The molecule has 0 aromatic heterocycles. The maximum Gasteiger partial charge on any atom is 0.408 e. The monoisotopic (exact) mass is 685 g/mol. The fraction of sp³-hybridized carbons (Fsp3) is 0.342. The summed E-state index contributed by atoms with van der Waals surface area (Å²) in [7, 11) is 2.72. The van der Waals surface area contributed by atoms with Gasteiger partial charge >= 0.3 is 12.1 Å². The Bertz CT molecular complexity index is 1720. The summed E-state index contributed by atoms with van der Waals surface area (Å²) in [6.45, 7) is 14.3. The number of hydrogen-bond donors (Lipinski definition) is 3. The average Bonchev–Trinajstić information content (AvgIpc) is 3.07. The summed E-state index contributed by atoms with van der Waals surface area (Å²) in [5.74, 6) is -1.32. The van der Waals surface area contributed by atoms with E-state index in [1.165, 1.54) is 19.1 Å². The first-order valence-electron chi connectivity index (χ1n) is 16.0. The van der Waals surface area contributed by atoms with Gasteiger partial charge in [-0.2, -0.15) is 0 Å². The number of nitrogens with zero attached hydrogens (tertiary/aromatic N) is 2. The van der Waals surface area contributed by atoms with Crippen LogP contribution in [0.25, 0.3) is 5.70 Å². The minimum atomic E-state index is -1.11. The molecule has 3 rings (SSSR count). The highest BCUT2D eigenvalue weighted by atomic mass is 16.6. The Labute approximate surface area is 293 Å². The smallest absolute Gasteiger partial charge is 0.408 e. The van der Waals surface area contributed by atoms with E-state index in [0.717, 1.165) is 22.3 Å². The summed E-state index contributed by atoms with van der Waals surface area (Å²) in [6.07, 6.45) is 0.288. The van der Waals surface area contributed by atoms with Gasteiger partial charge in [-0.25, -0.2) is 9.59 Å². The number of hydrogen-bond acceptors (Lipinski definition) is 9. The van der Waals surface area contributed by atoms with Gasteiger partial charge < -0.3 is 35.5 Å². The Morgan fingerprint density at radius 1 is 0.980 bits per heavy atom. The zero-order valence-electron chi connectivity index (χ0n) is 30.0. The van der Waals surface area contributed by atoms with Crippen LogP contribution in [-0.4, -0.2) is 67.5 Å². The van der Waals surface area contributed by atoms with E-state index in [-0.39, 0.29) is 18.5 Å². The lowest BCUT2D eigenvalue weighted by atomic mass is 9.93. The summed E-state index contributed by atoms with van der Waals surface area (Å²) in [6, 6.07) is 16.6. The third-order valence-corrected chi connectivity index (χ3v) is 7.85. The molecule has 0 bridgehead atoms. The zero-order chi connectivity index (χ0) is 37.2. The third kappa shape index (κ3) is 10.4. The number of aliphatic imine (C=N–C) groups is 1. The molecule has 0 heterocycles. The first kappa shape index (κ1) is 38.8. The average molecular weight is 686 g/mol. The Kier molecular flexibility index (Phi) is 13.3. The number of rotatable bonds is 14. The number of primary amides is 1. The van der Waals surface area contributed by atoms with Gasteiger partial charge in [0.25, 0.3) is 0 Å². The number of carbonyl (C=O) groups excluding carboxylic acids is 4. The van der Waals surface area contributed by atoms with Crippen LogP contribution in [0.3, 0.4) is 0 Å². The lowest BCUT2D eigenvalue weighted by Crippen LogP contribution is -2.55. The second-order valence-electron chi connectivity index (χ2n) is 12.7. The molecule has 2 atom stereocenters. The number of ether oxygens (including phenoxy) is 3. The van der Waals surface area contributed by atoms with E-state index in [2.05, 4.69) is 22.3 Å². The number of nitrogens with two attached hydrogens (primary N) is 1. The molecule has 0 aliphatic heterocycles. The molecule has 0 fully saturated rings. The van der Waals surface area contributed by atoms with Crippen molar-refractivity contribution in [1.29, 1.82) is 0 Å². The van der Waals surface area contributed by atoms with Crippen molar-refractivity contribution in [3.63, 3.8) is 0 Å². The van der Waals surface area contributed by atoms with Gasteiger partial charge in [0, 0.05) is 30.3 Å². The molecule has 1 unspecified atom stereocenters. The molecule has 50 heavy (non-hydrogen) atoms. The third-order valence-electron chi connectivity index (χ3n) is 7.85. The first-order valence-corrected chi connectivity index (χ1v) is 16.0. The number of alkyl carbamates (subject to hydrolysis) is 1. The van der Waals surface area contributed by atoms with Crippen LogP contribution in [-0.2, 0) is 27.2 Å². The van der Waals surface area contributed by atoms with Crippen LogP contribution in [0.2, 0.25) is 0 Å². The minimum Gasteiger partial charge on any atom is -0.496 e. The molecule has 0 aliphatic rings. The minimum absolute atomic E-state index is 0.0160. The lowest BCUT2D eigenvalue weighted by molar-refractivity contribution is -0.136. The van der Waals surface area contributed by atoms with Gasteiger partial charge in [0.05, 0.1) is 26.1 Å². The lowest BCUT2D eigenvalue weighted by Gasteiger charge is -2.34. The van der Waals surface area contributed by atoms with E-state index in [9.17, 15) is 19.2 Å². The van der Waals surface area contributed by atoms with Crippen LogP contribution in [0.15, 0.2) is 71.9 Å². The van der Waals surface area contributed by atoms with Crippen LogP contribution in [0, 0.1) is 13.8 Å². The van der Waals surface area contributed by atoms with Crippen molar-refractivity contribution in [2.45, 2.75) is 72.3 Å². The molecular weight excluding hydrogens is 638 g/mol. The fourth-order valence-corrected chi connectivity index (χ4v) is 5.36. The summed E-state index contributed by atoms with van der Waals surface area (Å²) >= 11 is 0. The number of methoxy groups -OCH3 is 2. The van der Waals surface area contributed by atoms with Crippen molar-refractivity contribution >= 4 is 36.3 Å². The molecular formula is C38H47N5O7. The van der Waals surface area contributed by atoms with E-state index in [4.69, 9.17) is 19.9 Å². The number of amides is 3. The van der Waals surface area contributed by atoms with Crippen molar-refractivity contribution in [2.75, 3.05) is 14.2 Å². The largest absolute Gasteiger partial charge is 0.496 e. The van der Waals surface area contributed by atoms with Crippen molar-refractivity contribution < 1.29 is 33.4 Å². The standard InChI is InChI=1S/C38H47N5O7/c1-23-17-28(34(39)44)18-24(2)29(23)20-31(42-37(47)50-38(4,5)6)35(45)43(22-26-15-16-33(48-8)30(19-26)36(46)49-9)25(3)41-21-32(40-7)27-13-11-10-12-14-27/h10-19,21,25,31,41H,7,20,22H2,1-6,8-9H3,(H2,39,44)(H,42,47)/b32-21-/t25?,31-/m0/s1. The zero-order valence-corrected chi connectivity index (χ0v) is 30.0. The van der Waals surface area contributed by atoms with Gasteiger partial charge in [-0.3, -0.25) is 14.6 Å². The Morgan fingerprint density at radius 2 is 1.62 bits per heavy atom. The SMILES string of the molecule is C=N/C(=C\NC(C)N(Cc1ccc(OC)c(C(=O)OC)c1)C(=O)[C@H](Cc1c(C)cc(C(N)=O)cc1C)NC(=O)OC(C)(C)C)c1ccccc1. The van der Waals surface area contributed by atoms with Crippen LogP contribution in [0.4, 0.5) is 4.79 Å². The Morgan fingerprint density at radius 3 is 2.16 bits per heavy atom. The summed E-state index contributed by atoms with van der Waals surface area (Å²) in [5.41, 5.74) is 9.40. The quantitative estimate of drug-likeness (QED) is 0.117. The molecule has 0 radical (unpaired) electrons. The highest BCUT2D eigenvalue weighted by Gasteiger charge is 2.32. The maximum absolute atomic E-state index is 14.7. The van der Waals surface area contributed by atoms with Gasteiger partial charge in [0.15, 0.2) is 0 Å². The Balaban J connectivity index is 2.12. The molecule has 3 amide bonds. The molecule has 0 saturated carbocycles. The number of esters is 1. The second-order valence-corrected chi connectivity index (χ2v) is 12.7. The maximum atomic E-state index is 14.7. The highest BCUT2D eigenvalue weighted by Crippen LogP contribution is 2.24. The van der Waals surface area contributed by atoms with Gasteiger partial charge in [0.1, 0.15) is 23.0 Å². The molecule has 3 aromatic rings. The van der Waals surface area contributed by atoms with Crippen LogP contribution in [0.1, 0.15) is 76.2 Å². The molecule has 0 saturated heterocycles. The van der Waals surface area contributed by atoms with E-state index in [1.54, 1.807) is 64.2 Å². The van der Waals surface area contributed by atoms with Crippen molar-refractivity contribution in [2.24, 2.45) is 10.7 Å². The summed E-state index contributed by atoms with van der Waals surface area (Å²) in [4.78, 5) is 58.2. The van der Waals surface area contributed by atoms with Gasteiger partial charge in [0.2, 0.25) is 11.8 Å². The molecule has 12 heteroatoms. The fourth-order valence-electron chi connectivity index (χ4n) is 5.36. The van der Waals surface area contributed by atoms with Crippen molar-refractivity contribution in [3.8, 4) is 5.75 Å². The molecule has 0 spiro atoms. The summed E-state index contributed by atoms with van der Waals surface area (Å²) < 4.78 is 15.9. The van der Waals surface area contributed by atoms with Crippen LogP contribution in [0.5, 0.6) is 5.75 Å². The molecule has 0 aliphatic carbocycles. The second kappa shape index (κ2) is 17.1. The molecule has 266 valence electrons. The number of aryl methyl sites for hydroxylation is 2. The van der Waals surface area contributed by atoms with Crippen molar-refractivity contribution in [1.82, 2.24) is 15.5 Å². The van der Waals surface area contributed by atoms with E-state index >= 15 is 0 Å². The van der Waals surface area contributed by atoms with Gasteiger partial charge in [-0.05, 0) is 94.8 Å². The van der Waals surface area contributed by atoms with Crippen LogP contribution < -0.4 is 21.1 Å². The number of benzene rings is 3. The van der Waals surface area contributed by atoms with E-state index in [1.807, 2.05) is 44.2 Å². The van der Waals surface area contributed by atoms with Gasteiger partial charge in [-0.1, -0.05) is 36.4 Å². The molecule has 4 N–H and O–H groups in total. The highest BCUT2D eigenvalue weighted by molar-refractivity contribution is 5.94. The normalized spacial score (nSPS) is 12.6. The van der Waals surface area contributed by atoms with Crippen LogP contribution >= 0.6 is 0 Å². The molecule has 3 aromatic carbocycles. The van der Waals surface area contributed by atoms with Crippen molar-refractivity contribution in [3.05, 3.63) is 106 Å².